The van der Waals surface area contributed by atoms with Gasteiger partial charge in [0.2, 0.25) is 0 Å². The molecule has 1 aromatic rings. The molecule has 2 rings (SSSR count). The predicted octanol–water partition coefficient (Wildman–Crippen LogP) is 2.08. The van der Waals surface area contributed by atoms with Crippen molar-refractivity contribution in [2.24, 2.45) is 5.92 Å². The Labute approximate surface area is 116 Å². The molecule has 5 nitrogen and oxygen atoms in total. The second-order valence-electron chi connectivity index (χ2n) is 4.80. The number of halogens is 1. The number of likely N-dealkylation sites (tertiary alicyclic amines) is 1. The van der Waals surface area contributed by atoms with Crippen molar-refractivity contribution in [3.63, 3.8) is 0 Å². The summed E-state index contributed by atoms with van der Waals surface area (Å²) in [7, 11) is 1.28. The molecule has 1 amide bonds. The van der Waals surface area contributed by atoms with Gasteiger partial charge in [0.05, 0.1) is 13.0 Å². The fourth-order valence-corrected chi connectivity index (χ4v) is 2.62. The fourth-order valence-electron chi connectivity index (χ4n) is 2.62. The molecule has 1 aliphatic rings. The predicted molar refractivity (Wildman–Crippen MR) is 68.9 cm³/mol. The van der Waals surface area contributed by atoms with Gasteiger partial charge in [-0.05, 0) is 24.1 Å². The van der Waals surface area contributed by atoms with Gasteiger partial charge in [-0.3, -0.25) is 4.79 Å². The Bertz CT molecular complexity index is 502. The number of nitrogens with zero attached hydrogens (tertiary/aromatic N) is 1. The summed E-state index contributed by atoms with van der Waals surface area (Å²) in [5.74, 6) is -1.49. The second-order valence-corrected chi connectivity index (χ2v) is 4.80. The molecule has 2 atom stereocenters. The van der Waals surface area contributed by atoms with Gasteiger partial charge in [0.25, 0.3) is 0 Å². The maximum atomic E-state index is 13.0. The lowest BCUT2D eigenvalue weighted by molar-refractivity contribution is -0.147. The molecular weight excluding hydrogens is 265 g/mol. The van der Waals surface area contributed by atoms with Crippen LogP contribution in [0, 0.1) is 11.7 Å². The van der Waals surface area contributed by atoms with Gasteiger partial charge in [0.15, 0.2) is 0 Å². The highest BCUT2D eigenvalue weighted by Crippen LogP contribution is 2.34. The highest BCUT2D eigenvalue weighted by molar-refractivity contribution is 5.75. The molecule has 0 bridgehead atoms. The lowest BCUT2D eigenvalue weighted by Gasteiger charge is -2.35. The molecule has 2 unspecified atom stereocenters. The summed E-state index contributed by atoms with van der Waals surface area (Å²) in [5.41, 5.74) is 0.826. The number of carbonyl (C=O) groups excluding carboxylic acids is 1. The molecule has 1 N–H and O–H groups in total. The maximum Gasteiger partial charge on any atom is 0.407 e. The van der Waals surface area contributed by atoms with Crippen molar-refractivity contribution in [3.8, 4) is 0 Å². The molecule has 1 aromatic carbocycles. The van der Waals surface area contributed by atoms with E-state index in [1.165, 1.54) is 24.1 Å². The van der Waals surface area contributed by atoms with E-state index in [9.17, 15) is 14.0 Å². The van der Waals surface area contributed by atoms with E-state index in [2.05, 4.69) is 0 Å². The minimum Gasteiger partial charge on any atom is -0.469 e. The Morgan fingerprint density at radius 1 is 1.35 bits per heavy atom. The number of rotatable bonds is 2. The van der Waals surface area contributed by atoms with Crippen LogP contribution in [-0.2, 0) is 9.53 Å². The monoisotopic (exact) mass is 281 g/mol. The first-order chi connectivity index (χ1) is 9.52. The van der Waals surface area contributed by atoms with Crippen molar-refractivity contribution in [2.45, 2.75) is 12.3 Å². The van der Waals surface area contributed by atoms with Crippen molar-refractivity contribution in [3.05, 3.63) is 35.6 Å². The zero-order chi connectivity index (χ0) is 14.7. The molecule has 6 heteroatoms. The first-order valence-electron chi connectivity index (χ1n) is 6.34. The minimum atomic E-state index is -1.04. The number of esters is 1. The first-order valence-corrected chi connectivity index (χ1v) is 6.34. The van der Waals surface area contributed by atoms with Crippen molar-refractivity contribution < 1.29 is 23.8 Å². The Balaban J connectivity index is 2.24. The average Bonchev–Trinajstić information content (AvgIpc) is 2.46. The molecule has 1 fully saturated rings. The lowest BCUT2D eigenvalue weighted by Crippen LogP contribution is -2.45. The van der Waals surface area contributed by atoms with Crippen LogP contribution in [0.15, 0.2) is 24.3 Å². The molecule has 20 heavy (non-hydrogen) atoms. The number of carboxylic acid groups (broad SMARTS) is 1. The van der Waals surface area contributed by atoms with Gasteiger partial charge < -0.3 is 14.7 Å². The van der Waals surface area contributed by atoms with Gasteiger partial charge >= 0.3 is 12.1 Å². The number of hydrogen-bond donors (Lipinski definition) is 1. The molecule has 1 heterocycles. The Morgan fingerprint density at radius 3 is 2.55 bits per heavy atom. The minimum absolute atomic E-state index is 0.101. The van der Waals surface area contributed by atoms with Gasteiger partial charge in [-0.2, -0.15) is 0 Å². The van der Waals surface area contributed by atoms with Gasteiger partial charge in [-0.1, -0.05) is 12.1 Å². The zero-order valence-corrected chi connectivity index (χ0v) is 11.1. The first kappa shape index (κ1) is 14.3. The van der Waals surface area contributed by atoms with E-state index in [4.69, 9.17) is 9.84 Å². The molecular formula is C14H16FNO4. The number of amides is 1. The van der Waals surface area contributed by atoms with E-state index >= 15 is 0 Å². The number of piperidine rings is 1. The molecule has 0 saturated carbocycles. The molecule has 0 aliphatic carbocycles. The summed E-state index contributed by atoms with van der Waals surface area (Å²) < 4.78 is 17.7. The Kier molecular flexibility index (Phi) is 4.22. The third-order valence-electron chi connectivity index (χ3n) is 3.69. The van der Waals surface area contributed by atoms with Crippen LogP contribution in [0.1, 0.15) is 17.9 Å². The van der Waals surface area contributed by atoms with Crippen molar-refractivity contribution in [1.29, 1.82) is 0 Å². The van der Waals surface area contributed by atoms with Crippen LogP contribution >= 0.6 is 0 Å². The number of hydrogen-bond acceptors (Lipinski definition) is 3. The van der Waals surface area contributed by atoms with E-state index in [1.54, 1.807) is 12.1 Å². The number of ether oxygens (including phenoxy) is 1. The van der Waals surface area contributed by atoms with Gasteiger partial charge in [0, 0.05) is 19.0 Å². The highest BCUT2D eigenvalue weighted by atomic mass is 19.1. The van der Waals surface area contributed by atoms with Gasteiger partial charge in [-0.25, -0.2) is 9.18 Å². The average molecular weight is 281 g/mol. The third kappa shape index (κ3) is 2.89. The van der Waals surface area contributed by atoms with Crippen LogP contribution in [0.2, 0.25) is 0 Å². The smallest absolute Gasteiger partial charge is 0.407 e. The van der Waals surface area contributed by atoms with E-state index in [1.807, 2.05) is 0 Å². The van der Waals surface area contributed by atoms with E-state index in [-0.39, 0.29) is 18.3 Å². The molecule has 1 saturated heterocycles. The summed E-state index contributed by atoms with van der Waals surface area (Å²) in [6.45, 7) is 0.453. The van der Waals surface area contributed by atoms with Crippen LogP contribution < -0.4 is 0 Å². The lowest BCUT2D eigenvalue weighted by atomic mass is 9.80. The molecule has 0 spiro atoms. The normalized spacial score (nSPS) is 22.4. The van der Waals surface area contributed by atoms with Crippen molar-refractivity contribution >= 4 is 12.1 Å². The maximum absolute atomic E-state index is 13.0. The second kappa shape index (κ2) is 5.90. The highest BCUT2D eigenvalue weighted by Gasteiger charge is 2.37. The fraction of sp³-hybridized carbons (Fsp3) is 0.429. The quantitative estimate of drug-likeness (QED) is 0.843. The van der Waals surface area contributed by atoms with Gasteiger partial charge in [0.1, 0.15) is 5.82 Å². The molecule has 0 aromatic heterocycles. The summed E-state index contributed by atoms with van der Waals surface area (Å²) in [4.78, 5) is 24.1. The van der Waals surface area contributed by atoms with Crippen molar-refractivity contribution in [1.82, 2.24) is 4.90 Å². The van der Waals surface area contributed by atoms with E-state index in [0.717, 1.165) is 5.56 Å². The summed E-state index contributed by atoms with van der Waals surface area (Å²) in [5, 5.41) is 9.03. The topological polar surface area (TPSA) is 66.8 Å². The summed E-state index contributed by atoms with van der Waals surface area (Å²) >= 11 is 0. The van der Waals surface area contributed by atoms with E-state index in [0.29, 0.717) is 13.0 Å². The number of methoxy groups -OCH3 is 1. The molecule has 1 aliphatic heterocycles. The van der Waals surface area contributed by atoms with Crippen LogP contribution in [-0.4, -0.2) is 42.3 Å². The van der Waals surface area contributed by atoms with Gasteiger partial charge in [-0.15, -0.1) is 0 Å². The van der Waals surface area contributed by atoms with Crippen LogP contribution in [0.5, 0.6) is 0 Å². The van der Waals surface area contributed by atoms with Crippen LogP contribution in [0.25, 0.3) is 0 Å². The third-order valence-corrected chi connectivity index (χ3v) is 3.69. The number of benzene rings is 1. The van der Waals surface area contributed by atoms with Crippen LogP contribution in [0.3, 0.4) is 0 Å². The Hall–Kier alpha value is -2.11. The largest absolute Gasteiger partial charge is 0.469 e. The van der Waals surface area contributed by atoms with Crippen molar-refractivity contribution in [2.75, 3.05) is 20.2 Å². The SMILES string of the molecule is COC(=O)C1CN(C(=O)O)CCC1c1ccc(F)cc1. The standard InChI is InChI=1S/C14H16FNO4/c1-20-13(17)12-8-16(14(18)19)7-6-11(12)9-2-4-10(15)5-3-9/h2-5,11-12H,6-8H2,1H3,(H,18,19). The summed E-state index contributed by atoms with van der Waals surface area (Å²) in [6.07, 6.45) is -0.533. The summed E-state index contributed by atoms with van der Waals surface area (Å²) in [6, 6.07) is 5.94. The Morgan fingerprint density at radius 2 is 2.00 bits per heavy atom. The van der Waals surface area contributed by atoms with E-state index < -0.39 is 18.0 Å². The zero-order valence-electron chi connectivity index (χ0n) is 11.1. The molecule has 108 valence electrons. The number of carbonyl (C=O) groups is 2. The van der Waals surface area contributed by atoms with Crippen LogP contribution in [0.4, 0.5) is 9.18 Å². The molecule has 0 radical (unpaired) electrons.